The third-order valence-corrected chi connectivity index (χ3v) is 6.43. The molecule has 0 saturated carbocycles. The predicted octanol–water partition coefficient (Wildman–Crippen LogP) is -2.27. The number of carbonyl (C=O) groups is 6. The molecule has 0 radical (unpaired) electrons. The van der Waals surface area contributed by atoms with Crippen molar-refractivity contribution in [2.45, 2.75) is 133 Å². The first-order valence-corrected chi connectivity index (χ1v) is 17.8. The molecule has 0 aliphatic heterocycles. The Kier molecular flexibility index (Phi) is 54.8. The molecule has 0 aromatic rings. The van der Waals surface area contributed by atoms with Gasteiger partial charge in [0, 0.05) is 6.92 Å². The third-order valence-electron chi connectivity index (χ3n) is 6.43. The summed E-state index contributed by atoms with van der Waals surface area (Å²) >= 11 is 0. The Morgan fingerprint density at radius 1 is 0.333 bits per heavy atom. The van der Waals surface area contributed by atoms with Crippen molar-refractivity contribution >= 4 is 35.8 Å². The van der Waals surface area contributed by atoms with Crippen LogP contribution < -0.4 is 57.3 Å². The van der Waals surface area contributed by atoms with Crippen LogP contribution in [0.25, 0.3) is 0 Å². The van der Waals surface area contributed by atoms with Crippen molar-refractivity contribution in [3.05, 3.63) is 0 Å². The van der Waals surface area contributed by atoms with Gasteiger partial charge in [0.25, 0.3) is 5.97 Å². The van der Waals surface area contributed by atoms with Gasteiger partial charge in [-0.3, -0.25) is 28.8 Å². The van der Waals surface area contributed by atoms with Crippen LogP contribution in [0.15, 0.2) is 0 Å². The Balaban J connectivity index is -0.000000130. The molecule has 0 aromatic carbocycles. The largest absolute Gasteiger partial charge is 0.481 e. The molecule has 5 atom stereocenters. The first kappa shape index (κ1) is 62.4. The highest BCUT2D eigenvalue weighted by Crippen LogP contribution is 1.99. The summed E-state index contributed by atoms with van der Waals surface area (Å²) in [5.41, 5.74) is 52.1. The molecule has 0 aliphatic rings. The first-order valence-electron chi connectivity index (χ1n) is 17.8. The number of carboxylic acid groups (broad SMARTS) is 6. The minimum atomic E-state index is -0.933. The lowest BCUT2D eigenvalue weighted by atomic mass is 10.1. The lowest BCUT2D eigenvalue weighted by Gasteiger charge is -2.03. The Labute approximate surface area is 318 Å². The van der Waals surface area contributed by atoms with Gasteiger partial charge in [0.2, 0.25) is 0 Å². The average Bonchev–Trinajstić information content (AvgIpc) is 3.09. The molecule has 22 nitrogen and oxygen atoms in total. The fraction of sp³-hybridized carbons (Fsp3) is 0.812. The zero-order valence-corrected chi connectivity index (χ0v) is 31.9. The number of carboxylic acids is 6. The van der Waals surface area contributed by atoms with Crippen LogP contribution in [0.5, 0.6) is 0 Å². The highest BCUT2D eigenvalue weighted by molar-refractivity contribution is 5.74. The summed E-state index contributed by atoms with van der Waals surface area (Å²) in [4.78, 5) is 59.7. The summed E-state index contributed by atoms with van der Waals surface area (Å²) in [6.07, 6.45) is 10.8. The molecule has 26 N–H and O–H groups in total. The molecule has 0 saturated heterocycles. The number of hydrogen-bond acceptors (Lipinski definition) is 16. The molecule has 324 valence electrons. The summed E-state index contributed by atoms with van der Waals surface area (Å²) in [5.74, 6) is -5.50. The maximum absolute atomic E-state index is 10.1. The van der Waals surface area contributed by atoms with Gasteiger partial charge in [-0.1, -0.05) is 32.1 Å². The standard InChI is InChI=1S/5C6H14N2O2.C2H4O2/c5*7-4-2-1-3-5(8)6(9)10;1-2(3)4/h5*5H,1-4,7-8H2,(H,9,10);1H3,(H,3,4). The van der Waals surface area contributed by atoms with Gasteiger partial charge in [0.15, 0.2) is 0 Å². The Morgan fingerprint density at radius 2 is 0.444 bits per heavy atom. The molecule has 0 amide bonds. The van der Waals surface area contributed by atoms with Crippen molar-refractivity contribution in [2.24, 2.45) is 57.3 Å². The van der Waals surface area contributed by atoms with Crippen molar-refractivity contribution < 1.29 is 59.4 Å². The van der Waals surface area contributed by atoms with Crippen LogP contribution in [-0.2, 0) is 28.8 Å². The van der Waals surface area contributed by atoms with Crippen LogP contribution in [0.2, 0.25) is 0 Å². The van der Waals surface area contributed by atoms with Crippen LogP contribution in [0.1, 0.15) is 103 Å². The monoisotopic (exact) mass is 791 g/mol. The second-order valence-electron chi connectivity index (χ2n) is 11.7. The molecular formula is C32H74N10O12. The normalized spacial score (nSPS) is 12.5. The minimum absolute atomic E-state index is 0.520. The molecule has 0 fully saturated rings. The Bertz CT molecular complexity index is 769. The number of nitrogens with two attached hydrogens (primary N) is 10. The van der Waals surface area contributed by atoms with Crippen LogP contribution >= 0.6 is 0 Å². The van der Waals surface area contributed by atoms with E-state index < -0.39 is 66.0 Å². The van der Waals surface area contributed by atoms with E-state index in [1.807, 2.05) is 0 Å². The molecule has 22 heteroatoms. The number of aliphatic carboxylic acids is 6. The predicted molar refractivity (Wildman–Crippen MR) is 206 cm³/mol. The number of unbranched alkanes of at least 4 members (excludes halogenated alkanes) is 5. The van der Waals surface area contributed by atoms with E-state index >= 15 is 0 Å². The van der Waals surface area contributed by atoms with E-state index in [0.717, 1.165) is 71.1 Å². The van der Waals surface area contributed by atoms with Crippen LogP contribution in [0, 0.1) is 0 Å². The quantitative estimate of drug-likeness (QED) is 0.0433. The zero-order valence-electron chi connectivity index (χ0n) is 31.9. The fourth-order valence-corrected chi connectivity index (χ4v) is 3.16. The first-order chi connectivity index (χ1) is 25.1. The van der Waals surface area contributed by atoms with Gasteiger partial charge < -0.3 is 88.0 Å². The van der Waals surface area contributed by atoms with Crippen molar-refractivity contribution in [3.8, 4) is 0 Å². The van der Waals surface area contributed by atoms with E-state index in [4.69, 9.17) is 92.8 Å². The van der Waals surface area contributed by atoms with E-state index in [1.54, 1.807) is 0 Å². The van der Waals surface area contributed by atoms with Gasteiger partial charge in [-0.25, -0.2) is 0 Å². The summed E-state index contributed by atoms with van der Waals surface area (Å²) in [7, 11) is 0. The number of rotatable bonds is 25. The van der Waals surface area contributed by atoms with Crippen molar-refractivity contribution in [1.82, 2.24) is 0 Å². The Hall–Kier alpha value is -3.58. The second-order valence-corrected chi connectivity index (χ2v) is 11.7. The maximum atomic E-state index is 10.1. The molecule has 0 bridgehead atoms. The van der Waals surface area contributed by atoms with Gasteiger partial charge in [-0.2, -0.15) is 0 Å². The van der Waals surface area contributed by atoms with Crippen molar-refractivity contribution in [1.29, 1.82) is 0 Å². The molecule has 0 spiro atoms. The highest BCUT2D eigenvalue weighted by Gasteiger charge is 2.12. The van der Waals surface area contributed by atoms with Crippen molar-refractivity contribution in [2.75, 3.05) is 32.7 Å². The summed E-state index contributed by atoms with van der Waals surface area (Å²) in [6, 6.07) is -3.58. The third kappa shape index (κ3) is 63.5. The van der Waals surface area contributed by atoms with Crippen LogP contribution in [-0.4, -0.2) is 129 Å². The van der Waals surface area contributed by atoms with Crippen LogP contribution in [0.4, 0.5) is 0 Å². The Morgan fingerprint density at radius 3 is 0.519 bits per heavy atom. The average molecular weight is 791 g/mol. The zero-order chi connectivity index (χ0) is 43.5. The van der Waals surface area contributed by atoms with Crippen LogP contribution in [0.3, 0.4) is 0 Å². The van der Waals surface area contributed by atoms with E-state index in [1.165, 1.54) is 0 Å². The highest BCUT2D eigenvalue weighted by atomic mass is 16.4. The summed E-state index contributed by atoms with van der Waals surface area (Å²) in [6.45, 7) is 4.10. The molecule has 0 aliphatic carbocycles. The molecular weight excluding hydrogens is 716 g/mol. The van der Waals surface area contributed by atoms with Gasteiger partial charge >= 0.3 is 29.8 Å². The van der Waals surface area contributed by atoms with E-state index in [0.29, 0.717) is 64.8 Å². The summed E-state index contributed by atoms with van der Waals surface area (Å²) in [5, 5.41) is 49.0. The molecule has 5 unspecified atom stereocenters. The van der Waals surface area contributed by atoms with Gasteiger partial charge in [0.05, 0.1) is 0 Å². The lowest BCUT2D eigenvalue weighted by molar-refractivity contribution is -0.139. The number of hydrogen-bond donors (Lipinski definition) is 16. The van der Waals surface area contributed by atoms with E-state index in [2.05, 4.69) is 0 Å². The summed E-state index contributed by atoms with van der Waals surface area (Å²) < 4.78 is 0. The lowest BCUT2D eigenvalue weighted by Crippen LogP contribution is -2.29. The second kappa shape index (κ2) is 47.4. The topological polar surface area (TPSA) is 484 Å². The molecule has 0 aromatic heterocycles. The SMILES string of the molecule is CC(=O)O.NCCCCC(N)C(=O)O.NCCCCC(N)C(=O)O.NCCCCC(N)C(=O)O.NCCCCC(N)C(=O)O.NCCCCC(N)C(=O)O. The molecule has 0 heterocycles. The molecule has 54 heavy (non-hydrogen) atoms. The van der Waals surface area contributed by atoms with E-state index in [-0.39, 0.29) is 0 Å². The van der Waals surface area contributed by atoms with Gasteiger partial charge in [-0.15, -0.1) is 0 Å². The smallest absolute Gasteiger partial charge is 0.320 e. The minimum Gasteiger partial charge on any atom is -0.481 e. The van der Waals surface area contributed by atoms with Gasteiger partial charge in [-0.05, 0) is 96.9 Å². The van der Waals surface area contributed by atoms with E-state index in [9.17, 15) is 24.0 Å². The molecule has 0 rings (SSSR count). The van der Waals surface area contributed by atoms with Crippen molar-refractivity contribution in [3.63, 3.8) is 0 Å². The van der Waals surface area contributed by atoms with Gasteiger partial charge in [0.1, 0.15) is 30.2 Å². The maximum Gasteiger partial charge on any atom is 0.320 e. The fourth-order valence-electron chi connectivity index (χ4n) is 3.16.